The van der Waals surface area contributed by atoms with Crippen LogP contribution < -0.4 is 29.6 Å². The number of methoxy groups -OCH3 is 4. The third-order valence-electron chi connectivity index (χ3n) is 5.57. The molecule has 2 aromatic rings. The Hall–Kier alpha value is -4.46. The number of allylic oxidation sites excluding steroid dienone is 4. The number of carbonyl (C=O) groups is 2. The van der Waals surface area contributed by atoms with Crippen molar-refractivity contribution in [2.75, 3.05) is 41.5 Å². The quantitative estimate of drug-likeness (QED) is 0.231. The van der Waals surface area contributed by atoms with Gasteiger partial charge in [-0.3, -0.25) is 9.59 Å². The maximum Gasteiger partial charge on any atom is 0.244 e. The Morgan fingerprint density at radius 2 is 1.11 bits per heavy atom. The minimum atomic E-state index is -0.268. The van der Waals surface area contributed by atoms with Crippen molar-refractivity contribution in [3.63, 3.8) is 0 Å². The molecule has 0 aromatic heterocycles. The van der Waals surface area contributed by atoms with Gasteiger partial charge in [0.1, 0.15) is 5.75 Å². The summed E-state index contributed by atoms with van der Waals surface area (Å²) in [5.41, 5.74) is 4.06. The van der Waals surface area contributed by atoms with Crippen LogP contribution in [0.1, 0.15) is 22.3 Å². The summed E-state index contributed by atoms with van der Waals surface area (Å²) in [6.07, 6.45) is 13.4. The van der Waals surface area contributed by atoms with Crippen LogP contribution in [0.25, 0.3) is 12.2 Å². The molecule has 8 nitrogen and oxygen atoms in total. The zero-order valence-electron chi connectivity index (χ0n) is 22.8. The van der Waals surface area contributed by atoms with Gasteiger partial charge < -0.3 is 29.6 Å². The number of nitrogens with one attached hydrogen (secondary N) is 2. The fraction of sp³-hybridized carbons (Fsp3) is 0.267. The standard InChI is InChI=1S/C30H36N2O6/c1-21-17-23(18-25(35-3)22(21)2)11-7-9-13-28(33)31-15-16-32-29(34)14-10-8-12-24-19-26(36-4)30(38-6)27(20-24)37-5/h7-14,17-20H,15-16H2,1-6H3,(H,31,33)(H,32,34)/b11-7+,12-8+,13-9+,14-10+. The molecule has 0 aliphatic heterocycles. The molecule has 2 amide bonds. The highest BCUT2D eigenvalue weighted by molar-refractivity contribution is 5.89. The molecule has 0 aliphatic carbocycles. The van der Waals surface area contributed by atoms with Crippen LogP contribution in [0.5, 0.6) is 23.0 Å². The normalized spacial score (nSPS) is 11.4. The Morgan fingerprint density at radius 3 is 1.55 bits per heavy atom. The lowest BCUT2D eigenvalue weighted by atomic mass is 10.0. The average molecular weight is 521 g/mol. The molecule has 0 heterocycles. The van der Waals surface area contributed by atoms with Crippen molar-refractivity contribution in [3.8, 4) is 23.0 Å². The third-order valence-corrected chi connectivity index (χ3v) is 5.57. The van der Waals surface area contributed by atoms with Crippen LogP contribution in [-0.2, 0) is 9.59 Å². The number of carbonyl (C=O) groups excluding carboxylic acids is 2. The second-order valence-corrected chi connectivity index (χ2v) is 8.14. The van der Waals surface area contributed by atoms with Crippen molar-refractivity contribution in [3.05, 3.63) is 83.0 Å². The van der Waals surface area contributed by atoms with E-state index in [1.165, 1.54) is 12.2 Å². The van der Waals surface area contributed by atoms with E-state index >= 15 is 0 Å². The summed E-state index contributed by atoms with van der Waals surface area (Å²) in [7, 11) is 6.30. The predicted molar refractivity (Wildman–Crippen MR) is 151 cm³/mol. The monoisotopic (exact) mass is 520 g/mol. The minimum absolute atomic E-state index is 0.245. The second-order valence-electron chi connectivity index (χ2n) is 8.14. The van der Waals surface area contributed by atoms with Crippen molar-refractivity contribution in [2.45, 2.75) is 13.8 Å². The van der Waals surface area contributed by atoms with E-state index in [0.717, 1.165) is 28.0 Å². The van der Waals surface area contributed by atoms with E-state index in [9.17, 15) is 9.59 Å². The first-order valence-electron chi connectivity index (χ1n) is 12.0. The number of amides is 2. The van der Waals surface area contributed by atoms with Gasteiger partial charge in [0.25, 0.3) is 0 Å². The summed E-state index contributed by atoms with van der Waals surface area (Å²) in [5, 5.41) is 5.44. The van der Waals surface area contributed by atoms with Gasteiger partial charge in [0.05, 0.1) is 28.4 Å². The van der Waals surface area contributed by atoms with Crippen LogP contribution in [-0.4, -0.2) is 53.3 Å². The van der Waals surface area contributed by atoms with Gasteiger partial charge in [0, 0.05) is 25.2 Å². The minimum Gasteiger partial charge on any atom is -0.496 e. The van der Waals surface area contributed by atoms with E-state index in [2.05, 4.69) is 16.7 Å². The molecule has 0 atom stereocenters. The maximum atomic E-state index is 12.0. The molecule has 0 unspecified atom stereocenters. The molecule has 0 fully saturated rings. The largest absolute Gasteiger partial charge is 0.496 e. The lowest BCUT2D eigenvalue weighted by Gasteiger charge is -2.12. The van der Waals surface area contributed by atoms with E-state index in [1.54, 1.807) is 64.9 Å². The predicted octanol–water partition coefficient (Wildman–Crippen LogP) is 4.41. The second kappa shape index (κ2) is 15.6. The summed E-state index contributed by atoms with van der Waals surface area (Å²) in [5.74, 6) is 1.92. The van der Waals surface area contributed by atoms with Gasteiger partial charge in [0.15, 0.2) is 11.5 Å². The van der Waals surface area contributed by atoms with Gasteiger partial charge in [-0.2, -0.15) is 0 Å². The molecule has 2 N–H and O–H groups in total. The lowest BCUT2D eigenvalue weighted by Crippen LogP contribution is -2.33. The Kier molecular flexibility index (Phi) is 12.2. The summed E-state index contributed by atoms with van der Waals surface area (Å²) < 4.78 is 21.4. The van der Waals surface area contributed by atoms with Crippen LogP contribution in [0, 0.1) is 13.8 Å². The Balaban J connectivity index is 1.74. The first-order chi connectivity index (χ1) is 18.3. The number of benzene rings is 2. The molecule has 0 spiro atoms. The van der Waals surface area contributed by atoms with Gasteiger partial charge in [-0.1, -0.05) is 42.5 Å². The van der Waals surface area contributed by atoms with Crippen LogP contribution in [0.2, 0.25) is 0 Å². The molecule has 0 aliphatic rings. The van der Waals surface area contributed by atoms with Gasteiger partial charge in [-0.05, 0) is 54.3 Å². The number of ether oxygens (including phenoxy) is 4. The smallest absolute Gasteiger partial charge is 0.244 e. The number of hydrogen-bond donors (Lipinski definition) is 2. The highest BCUT2D eigenvalue weighted by Gasteiger charge is 2.11. The van der Waals surface area contributed by atoms with E-state index < -0.39 is 0 Å². The molecule has 38 heavy (non-hydrogen) atoms. The molecule has 0 saturated carbocycles. The zero-order valence-corrected chi connectivity index (χ0v) is 22.8. The van der Waals surface area contributed by atoms with Crippen LogP contribution in [0.3, 0.4) is 0 Å². The molecule has 0 saturated heterocycles. The van der Waals surface area contributed by atoms with Gasteiger partial charge >= 0.3 is 0 Å². The summed E-state index contributed by atoms with van der Waals surface area (Å²) >= 11 is 0. The molecule has 202 valence electrons. The fourth-order valence-corrected chi connectivity index (χ4v) is 3.47. The molecular formula is C30H36N2O6. The van der Waals surface area contributed by atoms with Crippen molar-refractivity contribution >= 4 is 24.0 Å². The molecule has 2 aromatic carbocycles. The summed E-state index contributed by atoms with van der Waals surface area (Å²) in [4.78, 5) is 23.9. The maximum absolute atomic E-state index is 12.0. The molecule has 8 heteroatoms. The third kappa shape index (κ3) is 9.20. The van der Waals surface area contributed by atoms with Gasteiger partial charge in [-0.15, -0.1) is 0 Å². The van der Waals surface area contributed by atoms with Gasteiger partial charge in [-0.25, -0.2) is 0 Å². The lowest BCUT2D eigenvalue weighted by molar-refractivity contribution is -0.118. The van der Waals surface area contributed by atoms with Crippen LogP contribution >= 0.6 is 0 Å². The van der Waals surface area contributed by atoms with E-state index in [4.69, 9.17) is 18.9 Å². The van der Waals surface area contributed by atoms with Crippen molar-refractivity contribution in [2.24, 2.45) is 0 Å². The first-order valence-corrected chi connectivity index (χ1v) is 12.0. The zero-order chi connectivity index (χ0) is 27.9. The van der Waals surface area contributed by atoms with Crippen molar-refractivity contribution in [1.82, 2.24) is 10.6 Å². The van der Waals surface area contributed by atoms with E-state index in [1.807, 2.05) is 32.1 Å². The highest BCUT2D eigenvalue weighted by Crippen LogP contribution is 2.38. The Bertz CT molecular complexity index is 1200. The Morgan fingerprint density at radius 1 is 0.658 bits per heavy atom. The summed E-state index contributed by atoms with van der Waals surface area (Å²) in [6, 6.07) is 7.62. The first kappa shape index (κ1) is 29.8. The molecule has 0 radical (unpaired) electrons. The average Bonchev–Trinajstić information content (AvgIpc) is 2.92. The topological polar surface area (TPSA) is 95.1 Å². The molecular weight excluding hydrogens is 484 g/mol. The highest BCUT2D eigenvalue weighted by atomic mass is 16.5. The van der Waals surface area contributed by atoms with Crippen LogP contribution in [0.4, 0.5) is 0 Å². The van der Waals surface area contributed by atoms with E-state index in [-0.39, 0.29) is 11.8 Å². The van der Waals surface area contributed by atoms with Crippen molar-refractivity contribution in [1.29, 1.82) is 0 Å². The molecule has 2 rings (SSSR count). The number of rotatable bonds is 13. The number of aryl methyl sites for hydroxylation is 1. The van der Waals surface area contributed by atoms with E-state index in [0.29, 0.717) is 30.3 Å². The fourth-order valence-electron chi connectivity index (χ4n) is 3.47. The van der Waals surface area contributed by atoms with Crippen LogP contribution in [0.15, 0.2) is 60.7 Å². The SMILES string of the molecule is COc1cc(/C=C/C=C/C(=O)NCCNC(=O)/C=C/C=C/c2cc(OC)c(OC)c(OC)c2)cc(C)c1C. The number of hydrogen-bond acceptors (Lipinski definition) is 6. The van der Waals surface area contributed by atoms with Crippen molar-refractivity contribution < 1.29 is 28.5 Å². The molecule has 0 bridgehead atoms. The Labute approximate surface area is 224 Å². The summed E-state index contributed by atoms with van der Waals surface area (Å²) in [6.45, 7) is 4.66. The van der Waals surface area contributed by atoms with Gasteiger partial charge in [0.2, 0.25) is 17.6 Å².